The first kappa shape index (κ1) is 13.9. The second-order valence-electron chi connectivity index (χ2n) is 7.23. The summed E-state index contributed by atoms with van der Waals surface area (Å²) in [6, 6.07) is 7.70. The van der Waals surface area contributed by atoms with Gasteiger partial charge in [-0.15, -0.1) is 0 Å². The number of benzene rings is 1. The predicted octanol–water partition coefficient (Wildman–Crippen LogP) is 4.54. The van der Waals surface area contributed by atoms with Gasteiger partial charge in [0.2, 0.25) is 0 Å². The molecule has 1 N–H and O–H groups in total. The number of aromatic hydroxyl groups is 1. The largest absolute Gasteiger partial charge is 0.507 e. The van der Waals surface area contributed by atoms with E-state index in [-0.39, 0.29) is 10.8 Å². The van der Waals surface area contributed by atoms with Crippen molar-refractivity contribution in [1.29, 1.82) is 0 Å². The summed E-state index contributed by atoms with van der Waals surface area (Å²) in [6.45, 7) is 13.0. The van der Waals surface area contributed by atoms with Crippen LogP contribution in [-0.2, 0) is 10.8 Å². The third-order valence-corrected chi connectivity index (χ3v) is 3.39. The fourth-order valence-corrected chi connectivity index (χ4v) is 2.24. The minimum atomic E-state index is -0.0278. The van der Waals surface area contributed by atoms with Crippen molar-refractivity contribution in [2.24, 2.45) is 0 Å². The lowest BCUT2D eigenvalue weighted by molar-refractivity contribution is 0.478. The quantitative estimate of drug-likeness (QED) is 0.752. The number of phenols is 1. The molecule has 0 atom stereocenters. The highest BCUT2D eigenvalue weighted by Crippen LogP contribution is 2.37. The fraction of sp³-hybridized carbons (Fsp3) is 0.471. The van der Waals surface area contributed by atoms with Crippen LogP contribution in [0.1, 0.15) is 52.8 Å². The van der Waals surface area contributed by atoms with Crippen LogP contribution in [-0.4, -0.2) is 10.1 Å². The van der Waals surface area contributed by atoms with E-state index in [1.165, 1.54) is 0 Å². The molecule has 0 amide bonds. The molecule has 0 saturated carbocycles. The number of hydrogen-bond donors (Lipinski definition) is 1. The maximum atomic E-state index is 10.2. The number of hydrogen-bond acceptors (Lipinski definition) is 2. The second-order valence-corrected chi connectivity index (χ2v) is 7.23. The smallest absolute Gasteiger partial charge is 0.125 e. The standard InChI is InChI=1S/C17H23NO/c1-16(2,3)11-10-14(17(4,5)6)18-12-8-7-9-13(19)15(11)12/h7-10,19H,1-6H3. The van der Waals surface area contributed by atoms with Gasteiger partial charge in [0.25, 0.3) is 0 Å². The molecular weight excluding hydrogens is 234 g/mol. The van der Waals surface area contributed by atoms with E-state index in [0.717, 1.165) is 22.2 Å². The third kappa shape index (κ3) is 2.58. The van der Waals surface area contributed by atoms with E-state index in [9.17, 15) is 5.11 Å². The Morgan fingerprint density at radius 3 is 2.11 bits per heavy atom. The van der Waals surface area contributed by atoms with Crippen molar-refractivity contribution in [2.45, 2.75) is 52.4 Å². The van der Waals surface area contributed by atoms with Crippen LogP contribution in [0.5, 0.6) is 5.75 Å². The van der Waals surface area contributed by atoms with Gasteiger partial charge in [0.1, 0.15) is 5.75 Å². The Balaban J connectivity index is 2.89. The van der Waals surface area contributed by atoms with E-state index in [2.05, 4.69) is 47.6 Å². The number of pyridine rings is 1. The molecule has 1 aromatic heterocycles. The molecule has 0 saturated heterocycles. The van der Waals surface area contributed by atoms with Crippen LogP contribution in [0.15, 0.2) is 24.3 Å². The highest BCUT2D eigenvalue weighted by atomic mass is 16.3. The molecular formula is C17H23NO. The molecule has 19 heavy (non-hydrogen) atoms. The van der Waals surface area contributed by atoms with Gasteiger partial charge >= 0.3 is 0 Å². The molecule has 1 heterocycles. The van der Waals surface area contributed by atoms with Gasteiger partial charge < -0.3 is 5.11 Å². The van der Waals surface area contributed by atoms with Crippen LogP contribution in [0.25, 0.3) is 10.9 Å². The van der Waals surface area contributed by atoms with Crippen LogP contribution in [0.2, 0.25) is 0 Å². The molecule has 0 aliphatic carbocycles. The van der Waals surface area contributed by atoms with E-state index < -0.39 is 0 Å². The number of aromatic nitrogens is 1. The van der Waals surface area contributed by atoms with Gasteiger partial charge in [-0.3, -0.25) is 4.98 Å². The molecule has 2 nitrogen and oxygen atoms in total. The van der Waals surface area contributed by atoms with Crippen molar-refractivity contribution >= 4 is 10.9 Å². The first-order chi connectivity index (χ1) is 8.60. The van der Waals surface area contributed by atoms with Gasteiger partial charge in [0.15, 0.2) is 0 Å². The fourth-order valence-electron chi connectivity index (χ4n) is 2.24. The summed E-state index contributed by atoms with van der Waals surface area (Å²) in [5, 5.41) is 11.0. The van der Waals surface area contributed by atoms with E-state index >= 15 is 0 Å². The lowest BCUT2D eigenvalue weighted by Gasteiger charge is -2.26. The molecule has 0 spiro atoms. The zero-order valence-corrected chi connectivity index (χ0v) is 12.7. The maximum absolute atomic E-state index is 10.2. The van der Waals surface area contributed by atoms with Crippen LogP contribution in [0.4, 0.5) is 0 Å². The topological polar surface area (TPSA) is 33.1 Å². The normalized spacial score (nSPS) is 12.9. The molecule has 0 aliphatic heterocycles. The zero-order chi connectivity index (χ0) is 14.4. The van der Waals surface area contributed by atoms with Crippen LogP contribution in [0, 0.1) is 0 Å². The molecule has 0 bridgehead atoms. The van der Waals surface area contributed by atoms with Gasteiger partial charge in [0, 0.05) is 16.5 Å². The first-order valence-corrected chi connectivity index (χ1v) is 6.74. The second kappa shape index (κ2) is 4.22. The van der Waals surface area contributed by atoms with E-state index in [1.54, 1.807) is 6.07 Å². The Kier molecular flexibility index (Phi) is 3.08. The van der Waals surface area contributed by atoms with Gasteiger partial charge in [-0.2, -0.15) is 0 Å². The summed E-state index contributed by atoms with van der Waals surface area (Å²) in [5.74, 6) is 0.315. The van der Waals surface area contributed by atoms with E-state index in [1.807, 2.05) is 12.1 Å². The van der Waals surface area contributed by atoms with Crippen molar-refractivity contribution in [2.75, 3.05) is 0 Å². The minimum absolute atomic E-state index is 0.000347. The van der Waals surface area contributed by atoms with Crippen LogP contribution in [0.3, 0.4) is 0 Å². The number of phenolic OH excluding ortho intramolecular Hbond substituents is 1. The Labute approximate surface area is 115 Å². The van der Waals surface area contributed by atoms with Gasteiger partial charge in [-0.25, -0.2) is 0 Å². The monoisotopic (exact) mass is 257 g/mol. The van der Waals surface area contributed by atoms with Crippen molar-refractivity contribution in [3.05, 3.63) is 35.5 Å². The summed E-state index contributed by atoms with van der Waals surface area (Å²) in [7, 11) is 0. The van der Waals surface area contributed by atoms with Crippen molar-refractivity contribution in [3.63, 3.8) is 0 Å². The summed E-state index contributed by atoms with van der Waals surface area (Å²) < 4.78 is 0. The Morgan fingerprint density at radius 1 is 0.947 bits per heavy atom. The summed E-state index contributed by atoms with van der Waals surface area (Å²) in [4.78, 5) is 4.72. The Hall–Kier alpha value is -1.57. The van der Waals surface area contributed by atoms with Crippen LogP contribution < -0.4 is 0 Å². The van der Waals surface area contributed by atoms with Gasteiger partial charge in [-0.1, -0.05) is 47.6 Å². The highest BCUT2D eigenvalue weighted by Gasteiger charge is 2.24. The molecule has 1 aromatic carbocycles. The number of nitrogens with zero attached hydrogens (tertiary/aromatic N) is 1. The SMILES string of the molecule is CC(C)(C)c1cc(C(C)(C)C)c2c(O)cccc2n1. The molecule has 0 unspecified atom stereocenters. The average Bonchev–Trinajstić information content (AvgIpc) is 2.25. The summed E-state index contributed by atoms with van der Waals surface area (Å²) in [6.07, 6.45) is 0. The third-order valence-electron chi connectivity index (χ3n) is 3.39. The lowest BCUT2D eigenvalue weighted by Crippen LogP contribution is -2.18. The number of rotatable bonds is 0. The van der Waals surface area contributed by atoms with E-state index in [4.69, 9.17) is 4.98 Å². The molecule has 0 radical (unpaired) electrons. The zero-order valence-electron chi connectivity index (χ0n) is 12.7. The summed E-state index contributed by atoms with van der Waals surface area (Å²) >= 11 is 0. The molecule has 102 valence electrons. The molecule has 2 heteroatoms. The van der Waals surface area contributed by atoms with Crippen molar-refractivity contribution in [3.8, 4) is 5.75 Å². The van der Waals surface area contributed by atoms with Crippen molar-refractivity contribution < 1.29 is 5.11 Å². The molecule has 0 aliphatic rings. The van der Waals surface area contributed by atoms with E-state index in [0.29, 0.717) is 5.75 Å². The molecule has 2 aromatic rings. The first-order valence-electron chi connectivity index (χ1n) is 6.74. The molecule has 2 rings (SSSR count). The maximum Gasteiger partial charge on any atom is 0.125 e. The summed E-state index contributed by atoms with van der Waals surface area (Å²) in [5.41, 5.74) is 3.06. The van der Waals surface area contributed by atoms with Crippen molar-refractivity contribution in [1.82, 2.24) is 4.98 Å². The molecule has 0 fully saturated rings. The predicted molar refractivity (Wildman–Crippen MR) is 80.8 cm³/mol. The average molecular weight is 257 g/mol. The van der Waals surface area contributed by atoms with Gasteiger partial charge in [0.05, 0.1) is 5.52 Å². The minimum Gasteiger partial charge on any atom is -0.507 e. The Morgan fingerprint density at radius 2 is 1.58 bits per heavy atom. The van der Waals surface area contributed by atoms with Crippen LogP contribution >= 0.6 is 0 Å². The lowest BCUT2D eigenvalue weighted by atomic mass is 9.81. The number of fused-ring (bicyclic) bond motifs is 1. The highest BCUT2D eigenvalue weighted by molar-refractivity contribution is 5.89. The Bertz CT molecular complexity index is 615. The van der Waals surface area contributed by atoms with Gasteiger partial charge in [-0.05, 0) is 29.2 Å².